The van der Waals surface area contributed by atoms with Crippen LogP contribution in [0.25, 0.3) is 21.7 Å². The van der Waals surface area contributed by atoms with Crippen molar-refractivity contribution in [3.8, 4) is 11.6 Å². The highest BCUT2D eigenvalue weighted by Crippen LogP contribution is 2.48. The number of aromatic hydroxyl groups is 1. The molecule has 1 fully saturated rings. The SMILES string of the molecule is CCOC(=O)c1c(C)oc2c1c(C(c1ccnc(OCc3ccc(Cl)cc3)c1)N1CCCCC1)c(O)c1ccccc12. The van der Waals surface area contributed by atoms with E-state index in [-0.39, 0.29) is 18.4 Å². The zero-order chi connectivity index (χ0) is 29.2. The minimum Gasteiger partial charge on any atom is -0.507 e. The Bertz CT molecular complexity index is 1740. The summed E-state index contributed by atoms with van der Waals surface area (Å²) in [6, 6.07) is 18.6. The van der Waals surface area contributed by atoms with Gasteiger partial charge < -0.3 is 19.0 Å². The number of hydrogen-bond acceptors (Lipinski definition) is 7. The maximum absolute atomic E-state index is 13.4. The summed E-state index contributed by atoms with van der Waals surface area (Å²) in [5, 5.41) is 14.7. The second-order valence-corrected chi connectivity index (χ2v) is 11.0. The van der Waals surface area contributed by atoms with Crippen molar-refractivity contribution < 1.29 is 23.8 Å². The molecule has 0 radical (unpaired) electrons. The fourth-order valence-electron chi connectivity index (χ4n) is 6.01. The zero-order valence-corrected chi connectivity index (χ0v) is 24.5. The summed E-state index contributed by atoms with van der Waals surface area (Å²) in [4.78, 5) is 20.2. The third-order valence-corrected chi connectivity index (χ3v) is 8.17. The number of halogens is 1. The van der Waals surface area contributed by atoms with Gasteiger partial charge in [0.2, 0.25) is 5.88 Å². The first-order chi connectivity index (χ1) is 20.5. The predicted octanol–water partition coefficient (Wildman–Crippen LogP) is 7.98. The number of benzene rings is 3. The Kier molecular flexibility index (Phi) is 8.05. The summed E-state index contributed by atoms with van der Waals surface area (Å²) < 4.78 is 17.9. The van der Waals surface area contributed by atoms with Gasteiger partial charge in [-0.1, -0.05) is 54.4 Å². The normalized spacial score (nSPS) is 14.7. The van der Waals surface area contributed by atoms with Gasteiger partial charge in [-0.25, -0.2) is 9.78 Å². The van der Waals surface area contributed by atoms with Crippen molar-refractivity contribution in [1.29, 1.82) is 0 Å². The summed E-state index contributed by atoms with van der Waals surface area (Å²) in [6.45, 7) is 5.80. The highest BCUT2D eigenvalue weighted by molar-refractivity contribution is 6.30. The maximum atomic E-state index is 13.4. The van der Waals surface area contributed by atoms with Crippen LogP contribution >= 0.6 is 11.6 Å². The molecular formula is C34H33ClN2O5. The number of hydrogen-bond donors (Lipinski definition) is 1. The van der Waals surface area contributed by atoms with Crippen LogP contribution < -0.4 is 4.74 Å². The van der Waals surface area contributed by atoms with Crippen molar-refractivity contribution in [3.63, 3.8) is 0 Å². The topological polar surface area (TPSA) is 85.0 Å². The Morgan fingerprint density at radius 3 is 2.55 bits per heavy atom. The molecule has 0 spiro atoms. The van der Waals surface area contributed by atoms with Gasteiger partial charge in [-0.3, -0.25) is 4.90 Å². The molecule has 1 aliphatic rings. The first-order valence-corrected chi connectivity index (χ1v) is 14.7. The van der Waals surface area contributed by atoms with E-state index in [0.717, 1.165) is 48.9 Å². The van der Waals surface area contributed by atoms with Gasteiger partial charge in [0.15, 0.2) is 0 Å². The number of aromatic nitrogens is 1. The highest BCUT2D eigenvalue weighted by atomic mass is 35.5. The van der Waals surface area contributed by atoms with Gasteiger partial charge in [-0.2, -0.15) is 0 Å². The lowest BCUT2D eigenvalue weighted by Crippen LogP contribution is -2.34. The zero-order valence-electron chi connectivity index (χ0n) is 23.7. The number of ether oxygens (including phenoxy) is 2. The third kappa shape index (κ3) is 5.30. The highest BCUT2D eigenvalue weighted by Gasteiger charge is 2.34. The fourth-order valence-corrected chi connectivity index (χ4v) is 6.13. The fraction of sp³-hybridized carbons (Fsp3) is 0.294. The number of carbonyl (C=O) groups is 1. The molecule has 5 aromatic rings. The monoisotopic (exact) mass is 584 g/mol. The molecule has 216 valence electrons. The number of phenols is 1. The third-order valence-electron chi connectivity index (χ3n) is 7.92. The number of carbonyl (C=O) groups excluding carboxylic acids is 1. The molecule has 1 unspecified atom stereocenters. The molecule has 6 rings (SSSR count). The standard InChI is InChI=1S/C34H33ClN2O5/c1-3-40-34(39)28-21(2)42-33-26-10-6-5-9-25(26)32(38)30(29(28)33)31(37-17-7-4-8-18-37)23-15-16-36-27(19-23)41-20-22-11-13-24(35)14-12-22/h5-6,9-16,19,31,38H,3-4,7-8,17-18,20H2,1-2H3. The molecule has 7 nitrogen and oxygen atoms in total. The summed E-state index contributed by atoms with van der Waals surface area (Å²) in [5.74, 6) is 0.582. The minimum absolute atomic E-state index is 0.125. The van der Waals surface area contributed by atoms with Gasteiger partial charge in [-0.05, 0) is 69.1 Å². The van der Waals surface area contributed by atoms with E-state index in [2.05, 4.69) is 9.88 Å². The van der Waals surface area contributed by atoms with Gasteiger partial charge >= 0.3 is 5.97 Å². The van der Waals surface area contributed by atoms with Crippen LogP contribution in [0.3, 0.4) is 0 Å². The van der Waals surface area contributed by atoms with Crippen LogP contribution in [0.5, 0.6) is 11.6 Å². The van der Waals surface area contributed by atoms with Crippen molar-refractivity contribution in [2.45, 2.75) is 45.8 Å². The predicted molar refractivity (Wildman–Crippen MR) is 163 cm³/mol. The molecule has 2 aromatic heterocycles. The first-order valence-electron chi connectivity index (χ1n) is 14.4. The van der Waals surface area contributed by atoms with E-state index in [1.165, 1.54) is 0 Å². The van der Waals surface area contributed by atoms with Gasteiger partial charge in [0.1, 0.15) is 29.3 Å². The van der Waals surface area contributed by atoms with E-state index in [4.69, 9.17) is 25.5 Å². The largest absolute Gasteiger partial charge is 0.507 e. The molecule has 3 heterocycles. The second kappa shape index (κ2) is 12.0. The van der Waals surface area contributed by atoms with Crippen molar-refractivity contribution in [3.05, 3.63) is 99.9 Å². The van der Waals surface area contributed by atoms with Crippen LogP contribution in [0.15, 0.2) is 71.3 Å². The average molecular weight is 585 g/mol. The summed E-state index contributed by atoms with van der Waals surface area (Å²) >= 11 is 6.04. The molecule has 8 heteroatoms. The number of aryl methyl sites for hydroxylation is 1. The Hall–Kier alpha value is -4.07. The van der Waals surface area contributed by atoms with Crippen molar-refractivity contribution in [2.24, 2.45) is 0 Å². The number of fused-ring (bicyclic) bond motifs is 3. The summed E-state index contributed by atoms with van der Waals surface area (Å²) in [6.07, 6.45) is 4.95. The van der Waals surface area contributed by atoms with Crippen LogP contribution in [0.1, 0.15) is 65.0 Å². The van der Waals surface area contributed by atoms with Crippen molar-refractivity contribution in [2.75, 3.05) is 19.7 Å². The molecule has 0 saturated carbocycles. The van der Waals surface area contributed by atoms with Crippen molar-refractivity contribution >= 4 is 39.3 Å². The molecule has 0 amide bonds. The molecule has 1 saturated heterocycles. The Morgan fingerprint density at radius 1 is 1.07 bits per heavy atom. The average Bonchev–Trinajstić information content (AvgIpc) is 3.36. The number of rotatable bonds is 8. The van der Waals surface area contributed by atoms with Gasteiger partial charge in [-0.15, -0.1) is 0 Å². The quantitative estimate of drug-likeness (QED) is 0.185. The molecule has 1 N–H and O–H groups in total. The van der Waals surface area contributed by atoms with E-state index < -0.39 is 5.97 Å². The lowest BCUT2D eigenvalue weighted by atomic mass is 9.88. The molecular weight excluding hydrogens is 552 g/mol. The van der Waals surface area contributed by atoms with Crippen LogP contribution in [0.2, 0.25) is 5.02 Å². The second-order valence-electron chi connectivity index (χ2n) is 10.6. The Balaban J connectivity index is 1.54. The number of pyridine rings is 1. The van der Waals surface area contributed by atoms with Crippen LogP contribution in [0, 0.1) is 6.92 Å². The minimum atomic E-state index is -0.469. The maximum Gasteiger partial charge on any atom is 0.342 e. The Labute approximate surface area is 249 Å². The summed E-state index contributed by atoms with van der Waals surface area (Å²) in [7, 11) is 0. The molecule has 3 aromatic carbocycles. The van der Waals surface area contributed by atoms with E-state index in [9.17, 15) is 9.90 Å². The smallest absolute Gasteiger partial charge is 0.342 e. The number of piperidine rings is 1. The number of esters is 1. The van der Waals surface area contributed by atoms with Crippen LogP contribution in [-0.4, -0.2) is 40.7 Å². The van der Waals surface area contributed by atoms with E-state index in [1.54, 1.807) is 20.0 Å². The molecule has 1 aliphatic heterocycles. The number of nitrogens with zero attached hydrogens (tertiary/aromatic N) is 2. The number of phenolic OH excluding ortho intramolecular Hbond substituents is 1. The lowest BCUT2D eigenvalue weighted by Gasteiger charge is -2.36. The molecule has 42 heavy (non-hydrogen) atoms. The number of likely N-dealkylation sites (tertiary alicyclic amines) is 1. The van der Waals surface area contributed by atoms with Crippen molar-refractivity contribution in [1.82, 2.24) is 9.88 Å². The van der Waals surface area contributed by atoms with E-state index in [1.807, 2.05) is 60.7 Å². The van der Waals surface area contributed by atoms with Crippen LogP contribution in [0.4, 0.5) is 0 Å². The first kappa shape index (κ1) is 28.1. The van der Waals surface area contributed by atoms with Gasteiger partial charge in [0, 0.05) is 39.0 Å². The van der Waals surface area contributed by atoms with E-state index >= 15 is 0 Å². The van der Waals surface area contributed by atoms with Gasteiger partial charge in [0.05, 0.1) is 12.6 Å². The molecule has 0 bridgehead atoms. The molecule has 1 atom stereocenters. The lowest BCUT2D eigenvalue weighted by molar-refractivity contribution is 0.0526. The Morgan fingerprint density at radius 2 is 1.81 bits per heavy atom. The van der Waals surface area contributed by atoms with Gasteiger partial charge in [0.25, 0.3) is 0 Å². The summed E-state index contributed by atoms with van der Waals surface area (Å²) in [5.41, 5.74) is 3.41. The van der Waals surface area contributed by atoms with Crippen LogP contribution in [-0.2, 0) is 11.3 Å². The van der Waals surface area contributed by atoms with E-state index in [0.29, 0.717) is 50.8 Å². The number of furan rings is 1. The molecule has 0 aliphatic carbocycles.